The third-order valence-corrected chi connectivity index (χ3v) is 2.73. The van der Waals surface area contributed by atoms with Crippen molar-refractivity contribution in [2.75, 3.05) is 5.32 Å². The largest absolute Gasteiger partial charge is 0.360 e. The number of nitrogens with one attached hydrogen (secondary N) is 1. The van der Waals surface area contributed by atoms with Gasteiger partial charge in [0.2, 0.25) is 0 Å². The molecule has 0 saturated heterocycles. The Bertz CT molecular complexity index is 653. The number of aryl methyl sites for hydroxylation is 2. The van der Waals surface area contributed by atoms with Crippen molar-refractivity contribution in [1.29, 1.82) is 5.26 Å². The molecule has 96 valence electrons. The van der Waals surface area contributed by atoms with E-state index in [1.807, 2.05) is 13.0 Å². The highest BCUT2D eigenvalue weighted by molar-refractivity contribution is 6.05. The number of hydrogen-bond acceptors (Lipinski definition) is 4. The minimum absolute atomic E-state index is 0.273. The molecule has 1 amide bonds. The van der Waals surface area contributed by atoms with Gasteiger partial charge in [0.05, 0.1) is 17.3 Å². The lowest BCUT2D eigenvalue weighted by Crippen LogP contribution is -2.14. The first-order valence-corrected chi connectivity index (χ1v) is 5.92. The molecule has 1 heterocycles. The Balaban J connectivity index is 2.26. The number of benzene rings is 1. The van der Waals surface area contributed by atoms with E-state index in [0.29, 0.717) is 34.7 Å². The fourth-order valence-electron chi connectivity index (χ4n) is 1.81. The smallest absolute Gasteiger partial charge is 0.261 e. The minimum Gasteiger partial charge on any atom is -0.360 e. The van der Waals surface area contributed by atoms with Gasteiger partial charge in [0, 0.05) is 12.1 Å². The normalized spacial score (nSPS) is 9.95. The Morgan fingerprint density at radius 3 is 3.00 bits per heavy atom. The maximum atomic E-state index is 12.2. The van der Waals surface area contributed by atoms with Gasteiger partial charge in [-0.1, -0.05) is 18.1 Å². The molecule has 2 aromatic rings. The molecule has 2 rings (SSSR count). The standard InChI is InChI=1S/C14H13N3O2/c1-3-12-13(9(2)17-19-12)14(18)16-11-6-4-5-10(7-11)8-15/h4-7H,3H2,1-2H3,(H,16,18). The number of amides is 1. The number of anilines is 1. The maximum absolute atomic E-state index is 12.2. The van der Waals surface area contributed by atoms with Crippen LogP contribution in [-0.4, -0.2) is 11.1 Å². The number of nitrogens with zero attached hydrogens (tertiary/aromatic N) is 2. The molecule has 0 bridgehead atoms. The van der Waals surface area contributed by atoms with Crippen molar-refractivity contribution in [1.82, 2.24) is 5.16 Å². The molecule has 19 heavy (non-hydrogen) atoms. The van der Waals surface area contributed by atoms with Crippen molar-refractivity contribution in [3.05, 3.63) is 46.8 Å². The first-order chi connectivity index (χ1) is 9.15. The summed E-state index contributed by atoms with van der Waals surface area (Å²) in [5, 5.41) is 15.4. The Morgan fingerprint density at radius 2 is 2.32 bits per heavy atom. The number of nitriles is 1. The van der Waals surface area contributed by atoms with Crippen LogP contribution in [-0.2, 0) is 6.42 Å². The molecule has 5 nitrogen and oxygen atoms in total. The van der Waals surface area contributed by atoms with Gasteiger partial charge < -0.3 is 9.84 Å². The van der Waals surface area contributed by atoms with Crippen LogP contribution in [0.5, 0.6) is 0 Å². The highest BCUT2D eigenvalue weighted by Crippen LogP contribution is 2.17. The van der Waals surface area contributed by atoms with Crippen LogP contribution in [0.4, 0.5) is 5.69 Å². The topological polar surface area (TPSA) is 78.9 Å². The zero-order valence-electron chi connectivity index (χ0n) is 10.7. The van der Waals surface area contributed by atoms with E-state index in [9.17, 15) is 4.79 Å². The number of aromatic nitrogens is 1. The monoisotopic (exact) mass is 255 g/mol. The molecule has 0 atom stereocenters. The van der Waals surface area contributed by atoms with Gasteiger partial charge in [-0.05, 0) is 25.1 Å². The first kappa shape index (κ1) is 12.8. The molecule has 5 heteroatoms. The van der Waals surface area contributed by atoms with Crippen LogP contribution in [0, 0.1) is 18.3 Å². The van der Waals surface area contributed by atoms with E-state index < -0.39 is 0 Å². The molecule has 1 aromatic heterocycles. The lowest BCUT2D eigenvalue weighted by atomic mass is 10.1. The van der Waals surface area contributed by atoms with Gasteiger partial charge in [0.1, 0.15) is 11.3 Å². The second-order valence-electron chi connectivity index (χ2n) is 4.07. The summed E-state index contributed by atoms with van der Waals surface area (Å²) >= 11 is 0. The Morgan fingerprint density at radius 1 is 1.53 bits per heavy atom. The molecule has 1 aromatic carbocycles. The summed E-state index contributed by atoms with van der Waals surface area (Å²) in [6, 6.07) is 8.77. The summed E-state index contributed by atoms with van der Waals surface area (Å²) in [5.41, 5.74) is 2.10. The van der Waals surface area contributed by atoms with Gasteiger partial charge >= 0.3 is 0 Å². The molecule has 0 radical (unpaired) electrons. The number of carbonyl (C=O) groups excluding carboxylic acids is 1. The summed E-state index contributed by atoms with van der Waals surface area (Å²) in [6.45, 7) is 3.62. The van der Waals surface area contributed by atoms with E-state index in [1.165, 1.54) is 0 Å². The third kappa shape index (κ3) is 2.63. The SMILES string of the molecule is CCc1onc(C)c1C(=O)Nc1cccc(C#N)c1. The molecule has 0 aliphatic heterocycles. The average Bonchev–Trinajstić information content (AvgIpc) is 2.80. The number of carbonyl (C=O) groups is 1. The lowest BCUT2D eigenvalue weighted by molar-refractivity contribution is 0.102. The first-order valence-electron chi connectivity index (χ1n) is 5.92. The van der Waals surface area contributed by atoms with Gasteiger partial charge in [0.15, 0.2) is 0 Å². The van der Waals surface area contributed by atoms with Gasteiger partial charge in [-0.25, -0.2) is 0 Å². The fourth-order valence-corrected chi connectivity index (χ4v) is 1.81. The van der Waals surface area contributed by atoms with E-state index >= 15 is 0 Å². The molecule has 0 unspecified atom stereocenters. The minimum atomic E-state index is -0.273. The third-order valence-electron chi connectivity index (χ3n) is 2.73. The molecular formula is C14H13N3O2. The van der Waals surface area contributed by atoms with Crippen molar-refractivity contribution in [3.63, 3.8) is 0 Å². The molecule has 0 spiro atoms. The Labute approximate surface area is 110 Å². The van der Waals surface area contributed by atoms with Crippen molar-refractivity contribution in [2.24, 2.45) is 0 Å². The second-order valence-corrected chi connectivity index (χ2v) is 4.07. The zero-order valence-corrected chi connectivity index (χ0v) is 10.7. The van der Waals surface area contributed by atoms with Crippen LogP contribution < -0.4 is 5.32 Å². The summed E-state index contributed by atoms with van der Waals surface area (Å²) in [4.78, 5) is 12.2. The molecule has 1 N–H and O–H groups in total. The summed E-state index contributed by atoms with van der Waals surface area (Å²) in [5.74, 6) is 0.289. The molecule has 0 fully saturated rings. The summed E-state index contributed by atoms with van der Waals surface area (Å²) < 4.78 is 5.09. The van der Waals surface area contributed by atoms with E-state index in [0.717, 1.165) is 0 Å². The number of hydrogen-bond donors (Lipinski definition) is 1. The van der Waals surface area contributed by atoms with Crippen LogP contribution in [0.2, 0.25) is 0 Å². The van der Waals surface area contributed by atoms with Crippen LogP contribution in [0.1, 0.15) is 34.3 Å². The highest BCUT2D eigenvalue weighted by Gasteiger charge is 2.19. The molecular weight excluding hydrogens is 242 g/mol. The molecule has 0 aliphatic rings. The predicted octanol–water partition coefficient (Wildman–Crippen LogP) is 2.67. The predicted molar refractivity (Wildman–Crippen MR) is 69.7 cm³/mol. The second kappa shape index (κ2) is 5.36. The van der Waals surface area contributed by atoms with Gasteiger partial charge in [-0.2, -0.15) is 5.26 Å². The molecule has 0 saturated carbocycles. The van der Waals surface area contributed by atoms with Crippen LogP contribution in [0.3, 0.4) is 0 Å². The van der Waals surface area contributed by atoms with Crippen molar-refractivity contribution < 1.29 is 9.32 Å². The van der Waals surface area contributed by atoms with Crippen LogP contribution >= 0.6 is 0 Å². The molecule has 0 aliphatic carbocycles. The van der Waals surface area contributed by atoms with Crippen molar-refractivity contribution in [3.8, 4) is 6.07 Å². The van der Waals surface area contributed by atoms with Gasteiger partial charge in [-0.3, -0.25) is 4.79 Å². The zero-order chi connectivity index (χ0) is 13.8. The maximum Gasteiger partial charge on any atom is 0.261 e. The lowest BCUT2D eigenvalue weighted by Gasteiger charge is -2.05. The highest BCUT2D eigenvalue weighted by atomic mass is 16.5. The summed E-state index contributed by atoms with van der Waals surface area (Å²) in [7, 11) is 0. The Hall–Kier alpha value is -2.61. The summed E-state index contributed by atoms with van der Waals surface area (Å²) in [6.07, 6.45) is 0.599. The Kier molecular flexibility index (Phi) is 3.62. The fraction of sp³-hybridized carbons (Fsp3) is 0.214. The van der Waals surface area contributed by atoms with E-state index in [1.54, 1.807) is 31.2 Å². The van der Waals surface area contributed by atoms with Crippen molar-refractivity contribution >= 4 is 11.6 Å². The number of rotatable bonds is 3. The van der Waals surface area contributed by atoms with Crippen LogP contribution in [0.25, 0.3) is 0 Å². The van der Waals surface area contributed by atoms with Gasteiger partial charge in [-0.15, -0.1) is 0 Å². The van der Waals surface area contributed by atoms with E-state index in [4.69, 9.17) is 9.78 Å². The quantitative estimate of drug-likeness (QED) is 0.914. The van der Waals surface area contributed by atoms with Crippen LogP contribution in [0.15, 0.2) is 28.8 Å². The van der Waals surface area contributed by atoms with E-state index in [-0.39, 0.29) is 5.91 Å². The van der Waals surface area contributed by atoms with Crippen molar-refractivity contribution in [2.45, 2.75) is 20.3 Å². The van der Waals surface area contributed by atoms with Gasteiger partial charge in [0.25, 0.3) is 5.91 Å². The average molecular weight is 255 g/mol. The van der Waals surface area contributed by atoms with E-state index in [2.05, 4.69) is 10.5 Å².